The predicted molar refractivity (Wildman–Crippen MR) is 125 cm³/mol. The number of carbonyl (C=O) groups is 1. The Kier molecular flexibility index (Phi) is 8.09. The molecule has 2 aromatic rings. The lowest BCUT2D eigenvalue weighted by Gasteiger charge is -2.24. The predicted octanol–water partition coefficient (Wildman–Crippen LogP) is 2.97. The van der Waals surface area contributed by atoms with Crippen LogP contribution in [0.25, 0.3) is 0 Å². The average molecular weight is 465 g/mol. The SMILES string of the molecule is Cc1cccc(CSCCCNC(=O)CN(c2ccc3c(c2)OCCO3)S(C)(=O)=O)c1. The van der Waals surface area contributed by atoms with Gasteiger partial charge in [0.15, 0.2) is 11.5 Å². The number of rotatable bonds is 10. The molecule has 0 aliphatic carbocycles. The highest BCUT2D eigenvalue weighted by atomic mass is 32.2. The summed E-state index contributed by atoms with van der Waals surface area (Å²) in [7, 11) is -3.64. The first-order chi connectivity index (χ1) is 14.8. The summed E-state index contributed by atoms with van der Waals surface area (Å²) in [5, 5.41) is 2.81. The molecule has 0 spiro atoms. The Morgan fingerprint density at radius 1 is 1.13 bits per heavy atom. The van der Waals surface area contributed by atoms with Crippen molar-refractivity contribution in [2.45, 2.75) is 19.1 Å². The maximum Gasteiger partial charge on any atom is 0.240 e. The molecular formula is C22H28N2O5S2. The zero-order chi connectivity index (χ0) is 22.3. The third-order valence-corrected chi connectivity index (χ3v) is 6.90. The summed E-state index contributed by atoms with van der Waals surface area (Å²) in [6.07, 6.45) is 1.89. The Hall–Kier alpha value is -2.39. The van der Waals surface area contributed by atoms with Crippen molar-refractivity contribution < 1.29 is 22.7 Å². The van der Waals surface area contributed by atoms with Crippen LogP contribution in [0.2, 0.25) is 0 Å². The number of carbonyl (C=O) groups excluding carboxylic acids is 1. The maximum atomic E-state index is 12.4. The van der Waals surface area contributed by atoms with Crippen molar-refractivity contribution in [2.75, 3.05) is 42.6 Å². The van der Waals surface area contributed by atoms with E-state index < -0.39 is 10.0 Å². The second kappa shape index (κ2) is 10.8. The Bertz CT molecular complexity index is 1010. The number of hydrogen-bond acceptors (Lipinski definition) is 6. The molecule has 2 aromatic carbocycles. The number of hydrogen-bond donors (Lipinski definition) is 1. The molecule has 0 saturated heterocycles. The fourth-order valence-corrected chi connectivity index (χ4v) is 4.92. The van der Waals surface area contributed by atoms with Crippen LogP contribution in [0.15, 0.2) is 42.5 Å². The molecule has 0 fully saturated rings. The molecular weight excluding hydrogens is 436 g/mol. The molecule has 1 heterocycles. The van der Waals surface area contributed by atoms with E-state index in [1.54, 1.807) is 18.2 Å². The molecule has 3 rings (SSSR count). The van der Waals surface area contributed by atoms with Gasteiger partial charge in [-0.25, -0.2) is 8.42 Å². The molecule has 1 amide bonds. The molecule has 1 aliphatic rings. The number of nitrogens with zero attached hydrogens (tertiary/aromatic N) is 1. The number of amides is 1. The number of thioether (sulfide) groups is 1. The summed E-state index contributed by atoms with van der Waals surface area (Å²) in [4.78, 5) is 12.4. The van der Waals surface area contributed by atoms with Gasteiger partial charge in [0, 0.05) is 18.4 Å². The molecule has 168 valence electrons. The highest BCUT2D eigenvalue weighted by molar-refractivity contribution is 7.98. The fourth-order valence-electron chi connectivity index (χ4n) is 3.17. The van der Waals surface area contributed by atoms with Crippen molar-refractivity contribution in [3.8, 4) is 11.5 Å². The third kappa shape index (κ3) is 7.07. The van der Waals surface area contributed by atoms with Crippen LogP contribution >= 0.6 is 11.8 Å². The molecule has 0 atom stereocenters. The highest BCUT2D eigenvalue weighted by Crippen LogP contribution is 2.34. The summed E-state index contributed by atoms with van der Waals surface area (Å²) in [5.74, 6) is 2.54. The number of benzene rings is 2. The smallest absolute Gasteiger partial charge is 0.240 e. The summed E-state index contributed by atoms with van der Waals surface area (Å²) < 4.78 is 36.6. The highest BCUT2D eigenvalue weighted by Gasteiger charge is 2.23. The summed E-state index contributed by atoms with van der Waals surface area (Å²) in [5.41, 5.74) is 2.91. The van der Waals surface area contributed by atoms with E-state index in [1.165, 1.54) is 11.1 Å². The van der Waals surface area contributed by atoms with E-state index in [0.29, 0.717) is 36.9 Å². The van der Waals surface area contributed by atoms with Crippen molar-refractivity contribution >= 4 is 33.4 Å². The number of ether oxygens (including phenoxy) is 2. The average Bonchev–Trinajstić information content (AvgIpc) is 2.73. The van der Waals surface area contributed by atoms with Gasteiger partial charge >= 0.3 is 0 Å². The zero-order valence-corrected chi connectivity index (χ0v) is 19.4. The summed E-state index contributed by atoms with van der Waals surface area (Å²) in [6, 6.07) is 13.3. The van der Waals surface area contributed by atoms with Gasteiger partial charge in [0.05, 0.1) is 11.9 Å². The first-order valence-electron chi connectivity index (χ1n) is 10.1. The van der Waals surface area contributed by atoms with Crippen LogP contribution in [0.5, 0.6) is 11.5 Å². The summed E-state index contributed by atoms with van der Waals surface area (Å²) in [6.45, 7) is 3.15. The first kappa shape index (κ1) is 23.3. The molecule has 9 heteroatoms. The largest absolute Gasteiger partial charge is 0.486 e. The van der Waals surface area contributed by atoms with E-state index in [-0.39, 0.29) is 12.5 Å². The van der Waals surface area contributed by atoms with Gasteiger partial charge in [0.1, 0.15) is 19.8 Å². The summed E-state index contributed by atoms with van der Waals surface area (Å²) >= 11 is 1.81. The topological polar surface area (TPSA) is 84.9 Å². The minimum atomic E-state index is -3.64. The molecule has 0 saturated carbocycles. The van der Waals surface area contributed by atoms with E-state index in [2.05, 4.69) is 36.5 Å². The third-order valence-electron chi connectivity index (χ3n) is 4.64. The monoisotopic (exact) mass is 464 g/mol. The molecule has 1 aliphatic heterocycles. The Balaban J connectivity index is 1.46. The van der Waals surface area contributed by atoms with E-state index in [1.807, 2.05) is 11.8 Å². The van der Waals surface area contributed by atoms with Crippen molar-refractivity contribution in [1.29, 1.82) is 0 Å². The van der Waals surface area contributed by atoms with Crippen molar-refractivity contribution in [2.24, 2.45) is 0 Å². The normalized spacial score (nSPS) is 13.0. The lowest BCUT2D eigenvalue weighted by molar-refractivity contribution is -0.119. The second-order valence-electron chi connectivity index (χ2n) is 7.34. The first-order valence-corrected chi connectivity index (χ1v) is 13.1. The van der Waals surface area contributed by atoms with Gasteiger partial charge in [-0.1, -0.05) is 29.8 Å². The van der Waals surface area contributed by atoms with Crippen molar-refractivity contribution in [3.63, 3.8) is 0 Å². The number of fused-ring (bicyclic) bond motifs is 1. The van der Waals surface area contributed by atoms with Gasteiger partial charge in [-0.2, -0.15) is 11.8 Å². The lowest BCUT2D eigenvalue weighted by atomic mass is 10.2. The number of nitrogens with one attached hydrogen (secondary N) is 1. The Morgan fingerprint density at radius 3 is 2.65 bits per heavy atom. The molecule has 0 radical (unpaired) electrons. The minimum Gasteiger partial charge on any atom is -0.486 e. The number of aryl methyl sites for hydroxylation is 1. The van der Waals surface area contributed by atoms with E-state index in [9.17, 15) is 13.2 Å². The zero-order valence-electron chi connectivity index (χ0n) is 17.8. The van der Waals surface area contributed by atoms with Gasteiger partial charge in [-0.05, 0) is 36.8 Å². The van der Waals surface area contributed by atoms with Crippen molar-refractivity contribution in [3.05, 3.63) is 53.6 Å². The maximum absolute atomic E-state index is 12.4. The molecule has 1 N–H and O–H groups in total. The molecule has 0 aromatic heterocycles. The van der Waals surface area contributed by atoms with Crippen LogP contribution in [0.3, 0.4) is 0 Å². The number of sulfonamides is 1. The minimum absolute atomic E-state index is 0.283. The quantitative estimate of drug-likeness (QED) is 0.544. The Labute approximate surface area is 188 Å². The molecule has 0 unspecified atom stereocenters. The van der Waals surface area contributed by atoms with Crippen molar-refractivity contribution in [1.82, 2.24) is 5.32 Å². The lowest BCUT2D eigenvalue weighted by Crippen LogP contribution is -2.40. The van der Waals surface area contributed by atoms with Gasteiger partial charge in [0.2, 0.25) is 15.9 Å². The van der Waals surface area contributed by atoms with Crippen LogP contribution in [-0.4, -0.2) is 52.6 Å². The van der Waals surface area contributed by atoms with Gasteiger partial charge in [0.25, 0.3) is 0 Å². The van der Waals surface area contributed by atoms with Gasteiger partial charge in [-0.3, -0.25) is 9.10 Å². The molecule has 0 bridgehead atoms. The second-order valence-corrected chi connectivity index (χ2v) is 10.4. The van der Waals surface area contributed by atoms with E-state index in [0.717, 1.165) is 28.5 Å². The van der Waals surface area contributed by atoms with E-state index >= 15 is 0 Å². The molecule has 31 heavy (non-hydrogen) atoms. The van der Waals surface area contributed by atoms with Crippen LogP contribution in [-0.2, 0) is 20.6 Å². The van der Waals surface area contributed by atoms with Gasteiger partial charge < -0.3 is 14.8 Å². The standard InChI is InChI=1S/C22H28N2O5S2/c1-17-5-3-6-18(13-17)16-30-12-4-9-23-22(25)15-24(31(2,26)27)19-7-8-20-21(14-19)29-11-10-28-20/h3,5-8,13-14H,4,9-12,15-16H2,1-2H3,(H,23,25). The van der Waals surface area contributed by atoms with Crippen LogP contribution in [0.1, 0.15) is 17.5 Å². The van der Waals surface area contributed by atoms with E-state index in [4.69, 9.17) is 9.47 Å². The Morgan fingerprint density at radius 2 is 1.90 bits per heavy atom. The van der Waals surface area contributed by atoms with Crippen LogP contribution < -0.4 is 19.1 Å². The fraction of sp³-hybridized carbons (Fsp3) is 0.409. The van der Waals surface area contributed by atoms with Gasteiger partial charge in [-0.15, -0.1) is 0 Å². The molecule has 7 nitrogen and oxygen atoms in total. The van der Waals surface area contributed by atoms with Crippen LogP contribution in [0.4, 0.5) is 5.69 Å². The van der Waals surface area contributed by atoms with Crippen LogP contribution in [0, 0.1) is 6.92 Å². The number of anilines is 1.